The maximum absolute atomic E-state index is 13.2. The lowest BCUT2D eigenvalue weighted by Crippen LogP contribution is -2.27. The van der Waals surface area contributed by atoms with E-state index in [9.17, 15) is 9.18 Å². The second kappa shape index (κ2) is 5.44. The molecule has 2 atom stereocenters. The van der Waals surface area contributed by atoms with E-state index in [2.05, 4.69) is 15.0 Å². The number of aryl methyl sites for hydroxylation is 1. The highest BCUT2D eigenvalue weighted by Gasteiger charge is 2.40. The minimum absolute atomic E-state index is 0.0725. The van der Waals surface area contributed by atoms with Crippen LogP contribution in [0.4, 0.5) is 9.39 Å². The van der Waals surface area contributed by atoms with E-state index >= 15 is 0 Å². The van der Waals surface area contributed by atoms with E-state index in [0.717, 1.165) is 22.7 Å². The monoisotopic (exact) mass is 305 g/mol. The molecule has 21 heavy (non-hydrogen) atoms. The van der Waals surface area contributed by atoms with Gasteiger partial charge in [0.1, 0.15) is 10.8 Å². The van der Waals surface area contributed by atoms with E-state index in [0.29, 0.717) is 5.56 Å². The molecule has 0 aliphatic heterocycles. The van der Waals surface area contributed by atoms with Crippen LogP contribution >= 0.6 is 11.5 Å². The highest BCUT2D eigenvalue weighted by molar-refractivity contribution is 7.10. The van der Waals surface area contributed by atoms with Crippen molar-refractivity contribution in [2.75, 3.05) is 12.4 Å². The number of anilines is 1. The Hall–Kier alpha value is -1.95. The SMILES string of the molecule is CNc1snc(C)c1C(=O)N[C@H]1C[C@@H]1c1cccc(F)c1. The van der Waals surface area contributed by atoms with Gasteiger partial charge in [0.2, 0.25) is 0 Å². The zero-order valence-electron chi connectivity index (χ0n) is 11.8. The quantitative estimate of drug-likeness (QED) is 0.913. The summed E-state index contributed by atoms with van der Waals surface area (Å²) in [5.74, 6) is -0.149. The van der Waals surface area contributed by atoms with E-state index < -0.39 is 0 Å². The Kier molecular flexibility index (Phi) is 3.63. The Morgan fingerprint density at radius 1 is 1.48 bits per heavy atom. The summed E-state index contributed by atoms with van der Waals surface area (Å²) in [5.41, 5.74) is 2.27. The van der Waals surface area contributed by atoms with Crippen molar-refractivity contribution < 1.29 is 9.18 Å². The zero-order valence-corrected chi connectivity index (χ0v) is 12.6. The van der Waals surface area contributed by atoms with Gasteiger partial charge < -0.3 is 10.6 Å². The van der Waals surface area contributed by atoms with Gasteiger partial charge in [-0.05, 0) is 42.6 Å². The van der Waals surface area contributed by atoms with Crippen LogP contribution < -0.4 is 10.6 Å². The van der Waals surface area contributed by atoms with Crippen LogP contribution in [0.2, 0.25) is 0 Å². The minimum Gasteiger partial charge on any atom is -0.378 e. The molecular weight excluding hydrogens is 289 g/mol. The number of aromatic nitrogens is 1. The van der Waals surface area contributed by atoms with Gasteiger partial charge in [-0.1, -0.05) is 12.1 Å². The van der Waals surface area contributed by atoms with E-state index in [1.54, 1.807) is 13.1 Å². The fraction of sp³-hybridized carbons (Fsp3) is 0.333. The van der Waals surface area contributed by atoms with Crippen LogP contribution in [0.15, 0.2) is 24.3 Å². The number of carbonyl (C=O) groups excluding carboxylic acids is 1. The van der Waals surface area contributed by atoms with Crippen LogP contribution in [0.3, 0.4) is 0 Å². The van der Waals surface area contributed by atoms with Crippen molar-refractivity contribution in [3.8, 4) is 0 Å². The van der Waals surface area contributed by atoms with Crippen molar-refractivity contribution >= 4 is 22.4 Å². The molecular formula is C15H16FN3OS. The minimum atomic E-state index is -0.236. The second-order valence-electron chi connectivity index (χ2n) is 5.20. The Balaban J connectivity index is 1.69. The molecule has 0 bridgehead atoms. The van der Waals surface area contributed by atoms with Crippen molar-refractivity contribution in [3.05, 3.63) is 46.9 Å². The molecule has 1 heterocycles. The molecule has 6 heteroatoms. The molecule has 110 valence electrons. The molecule has 1 aromatic carbocycles. The lowest BCUT2D eigenvalue weighted by Gasteiger charge is -2.06. The number of nitrogens with one attached hydrogen (secondary N) is 2. The number of benzene rings is 1. The average molecular weight is 305 g/mol. The number of carbonyl (C=O) groups is 1. The number of halogens is 1. The standard InChI is InChI=1S/C15H16FN3OS/c1-8-13(15(17-2)21-19-8)14(20)18-12-7-11(12)9-4-3-5-10(16)6-9/h3-6,11-12,17H,7H2,1-2H3,(H,18,20)/t11-,12+/m1/s1. The molecule has 2 aromatic rings. The molecule has 1 aromatic heterocycles. The fourth-order valence-electron chi connectivity index (χ4n) is 2.51. The van der Waals surface area contributed by atoms with E-state index in [-0.39, 0.29) is 23.7 Å². The first-order chi connectivity index (χ1) is 10.1. The molecule has 0 unspecified atom stereocenters. The van der Waals surface area contributed by atoms with Gasteiger partial charge in [-0.15, -0.1) is 0 Å². The van der Waals surface area contributed by atoms with Gasteiger partial charge in [0.15, 0.2) is 0 Å². The number of hydrogen-bond donors (Lipinski definition) is 2. The fourth-order valence-corrected chi connectivity index (χ4v) is 3.25. The summed E-state index contributed by atoms with van der Waals surface area (Å²) >= 11 is 1.28. The second-order valence-corrected chi connectivity index (χ2v) is 5.97. The summed E-state index contributed by atoms with van der Waals surface area (Å²) in [6.45, 7) is 1.82. The molecule has 1 aliphatic carbocycles. The van der Waals surface area contributed by atoms with Crippen molar-refractivity contribution in [1.29, 1.82) is 0 Å². The van der Waals surface area contributed by atoms with Gasteiger partial charge in [-0.3, -0.25) is 4.79 Å². The predicted octanol–water partition coefficient (Wildman–Crippen LogP) is 2.92. The van der Waals surface area contributed by atoms with E-state index in [1.807, 2.05) is 13.0 Å². The lowest BCUT2D eigenvalue weighted by atomic mass is 10.1. The third kappa shape index (κ3) is 2.76. The average Bonchev–Trinajstić information content (AvgIpc) is 3.11. The Labute approximate surface area is 126 Å². The largest absolute Gasteiger partial charge is 0.378 e. The van der Waals surface area contributed by atoms with Crippen molar-refractivity contribution in [2.24, 2.45) is 0 Å². The third-order valence-corrected chi connectivity index (χ3v) is 4.66. The first kappa shape index (κ1) is 14.0. The molecule has 0 saturated heterocycles. The molecule has 0 radical (unpaired) electrons. The van der Waals surface area contributed by atoms with Crippen LogP contribution in [-0.4, -0.2) is 23.4 Å². The van der Waals surface area contributed by atoms with E-state index in [1.165, 1.54) is 23.7 Å². The first-order valence-electron chi connectivity index (χ1n) is 6.80. The first-order valence-corrected chi connectivity index (χ1v) is 7.58. The highest BCUT2D eigenvalue weighted by atomic mass is 32.1. The highest BCUT2D eigenvalue weighted by Crippen LogP contribution is 2.41. The smallest absolute Gasteiger partial charge is 0.256 e. The number of amides is 1. The van der Waals surface area contributed by atoms with Gasteiger partial charge >= 0.3 is 0 Å². The summed E-state index contributed by atoms with van der Waals surface area (Å²) in [4.78, 5) is 12.3. The molecule has 4 nitrogen and oxygen atoms in total. The van der Waals surface area contributed by atoms with Gasteiger partial charge in [-0.25, -0.2) is 4.39 Å². The van der Waals surface area contributed by atoms with Gasteiger partial charge in [0.25, 0.3) is 5.91 Å². The topological polar surface area (TPSA) is 54.0 Å². The predicted molar refractivity (Wildman–Crippen MR) is 81.4 cm³/mol. The summed E-state index contributed by atoms with van der Waals surface area (Å²) in [6, 6.07) is 6.64. The van der Waals surface area contributed by atoms with Crippen LogP contribution in [-0.2, 0) is 0 Å². The van der Waals surface area contributed by atoms with Gasteiger partial charge in [-0.2, -0.15) is 4.37 Å². The molecule has 3 rings (SSSR count). The maximum atomic E-state index is 13.2. The molecule has 1 fully saturated rings. The van der Waals surface area contributed by atoms with Crippen molar-refractivity contribution in [1.82, 2.24) is 9.69 Å². The van der Waals surface area contributed by atoms with Crippen molar-refractivity contribution in [3.63, 3.8) is 0 Å². The maximum Gasteiger partial charge on any atom is 0.256 e. The van der Waals surface area contributed by atoms with Crippen LogP contribution in [0.1, 0.15) is 34.0 Å². The third-order valence-electron chi connectivity index (χ3n) is 3.70. The van der Waals surface area contributed by atoms with Crippen LogP contribution in [0.5, 0.6) is 0 Å². The Morgan fingerprint density at radius 3 is 3.00 bits per heavy atom. The molecule has 1 aliphatic rings. The molecule has 2 N–H and O–H groups in total. The van der Waals surface area contributed by atoms with E-state index in [4.69, 9.17) is 0 Å². The van der Waals surface area contributed by atoms with Crippen molar-refractivity contribution in [2.45, 2.75) is 25.3 Å². The van der Waals surface area contributed by atoms with Gasteiger partial charge in [0.05, 0.1) is 11.3 Å². The summed E-state index contributed by atoms with van der Waals surface area (Å²) in [7, 11) is 1.77. The molecule has 1 saturated carbocycles. The normalized spacial score (nSPS) is 20.1. The number of rotatable bonds is 4. The molecule has 0 spiro atoms. The Morgan fingerprint density at radius 2 is 2.29 bits per heavy atom. The van der Waals surface area contributed by atoms with Crippen LogP contribution in [0, 0.1) is 12.7 Å². The van der Waals surface area contributed by atoms with Gasteiger partial charge in [0, 0.05) is 19.0 Å². The Bertz CT molecular complexity index is 685. The van der Waals surface area contributed by atoms with Crippen LogP contribution in [0.25, 0.3) is 0 Å². The zero-order chi connectivity index (χ0) is 15.0. The lowest BCUT2D eigenvalue weighted by molar-refractivity contribution is 0.0950. The number of nitrogens with zero attached hydrogens (tertiary/aromatic N) is 1. The summed E-state index contributed by atoms with van der Waals surface area (Å²) in [5, 5.41) is 6.76. The number of hydrogen-bond acceptors (Lipinski definition) is 4. The molecule has 1 amide bonds. The summed E-state index contributed by atoms with van der Waals surface area (Å²) in [6.07, 6.45) is 0.848. The summed E-state index contributed by atoms with van der Waals surface area (Å²) < 4.78 is 17.4.